The number of rotatable bonds is 6. The van der Waals surface area contributed by atoms with Crippen LogP contribution in [0.5, 0.6) is 0 Å². The van der Waals surface area contributed by atoms with Gasteiger partial charge in [-0.2, -0.15) is 0 Å². The van der Waals surface area contributed by atoms with Crippen molar-refractivity contribution in [2.75, 3.05) is 36.5 Å². The zero-order valence-corrected chi connectivity index (χ0v) is 12.6. The van der Waals surface area contributed by atoms with E-state index in [-0.39, 0.29) is 6.61 Å². The Balaban J connectivity index is 2.21. The molecule has 5 heteroatoms. The van der Waals surface area contributed by atoms with Crippen LogP contribution in [0.1, 0.15) is 38.7 Å². The molecule has 1 atom stereocenters. The summed E-state index contributed by atoms with van der Waals surface area (Å²) in [6.45, 7) is 7.41. The van der Waals surface area contributed by atoms with Gasteiger partial charge in [-0.1, -0.05) is 13.8 Å². The lowest BCUT2D eigenvalue weighted by Crippen LogP contribution is -2.38. The quantitative estimate of drug-likeness (QED) is 0.834. The van der Waals surface area contributed by atoms with E-state index in [1.807, 2.05) is 0 Å². The third kappa shape index (κ3) is 3.39. The lowest BCUT2D eigenvalue weighted by Gasteiger charge is -2.34. The number of nitrogens with one attached hydrogen (secondary N) is 1. The van der Waals surface area contributed by atoms with Crippen LogP contribution in [0.4, 0.5) is 11.6 Å². The maximum Gasteiger partial charge on any atom is 0.137 e. The molecule has 2 rings (SSSR count). The molecule has 0 amide bonds. The highest BCUT2D eigenvalue weighted by Gasteiger charge is 2.23. The van der Waals surface area contributed by atoms with Gasteiger partial charge in [0, 0.05) is 31.8 Å². The summed E-state index contributed by atoms with van der Waals surface area (Å²) in [6, 6.07) is 0. The molecule has 0 saturated carbocycles. The predicted molar refractivity (Wildman–Crippen MR) is 82.2 cm³/mol. The Morgan fingerprint density at radius 3 is 2.95 bits per heavy atom. The molecule has 1 aromatic rings. The molecule has 1 saturated heterocycles. The van der Waals surface area contributed by atoms with Crippen LogP contribution in [0.15, 0.2) is 6.33 Å². The van der Waals surface area contributed by atoms with Crippen molar-refractivity contribution in [3.8, 4) is 0 Å². The number of anilines is 2. The van der Waals surface area contributed by atoms with E-state index in [0.717, 1.165) is 57.0 Å². The fraction of sp³-hybridized carbons (Fsp3) is 0.733. The Kier molecular flexibility index (Phi) is 5.59. The minimum Gasteiger partial charge on any atom is -0.396 e. The average molecular weight is 278 g/mol. The summed E-state index contributed by atoms with van der Waals surface area (Å²) in [7, 11) is 0. The second-order valence-electron chi connectivity index (χ2n) is 5.44. The van der Waals surface area contributed by atoms with E-state index < -0.39 is 0 Å². The number of piperidine rings is 1. The average Bonchev–Trinajstić information content (AvgIpc) is 2.52. The van der Waals surface area contributed by atoms with Gasteiger partial charge in [-0.3, -0.25) is 0 Å². The molecule has 20 heavy (non-hydrogen) atoms. The van der Waals surface area contributed by atoms with Gasteiger partial charge in [-0.15, -0.1) is 0 Å². The van der Waals surface area contributed by atoms with Crippen LogP contribution < -0.4 is 10.2 Å². The Morgan fingerprint density at radius 2 is 2.25 bits per heavy atom. The smallest absolute Gasteiger partial charge is 0.137 e. The summed E-state index contributed by atoms with van der Waals surface area (Å²) in [5.41, 5.74) is 1.19. The first kappa shape index (κ1) is 15.0. The first-order valence-corrected chi connectivity index (χ1v) is 7.73. The number of nitrogens with zero attached hydrogens (tertiary/aromatic N) is 3. The van der Waals surface area contributed by atoms with Gasteiger partial charge in [-0.25, -0.2) is 9.97 Å². The van der Waals surface area contributed by atoms with Crippen LogP contribution in [-0.4, -0.2) is 41.3 Å². The molecule has 0 radical (unpaired) electrons. The van der Waals surface area contributed by atoms with E-state index in [4.69, 9.17) is 0 Å². The summed E-state index contributed by atoms with van der Waals surface area (Å²) < 4.78 is 0. The maximum atomic E-state index is 9.38. The second kappa shape index (κ2) is 7.43. The molecule has 1 aliphatic heterocycles. The van der Waals surface area contributed by atoms with Crippen LogP contribution in [0.2, 0.25) is 0 Å². The van der Waals surface area contributed by atoms with Gasteiger partial charge in [0.25, 0.3) is 0 Å². The second-order valence-corrected chi connectivity index (χ2v) is 5.44. The van der Waals surface area contributed by atoms with Crippen molar-refractivity contribution in [2.45, 2.75) is 39.5 Å². The normalized spacial score (nSPS) is 19.1. The minimum absolute atomic E-state index is 0.268. The Morgan fingerprint density at radius 1 is 1.40 bits per heavy atom. The molecule has 1 unspecified atom stereocenters. The monoisotopic (exact) mass is 278 g/mol. The van der Waals surface area contributed by atoms with E-state index in [9.17, 15) is 5.11 Å². The zero-order valence-electron chi connectivity index (χ0n) is 12.6. The third-order valence-electron chi connectivity index (χ3n) is 3.90. The van der Waals surface area contributed by atoms with Crippen molar-refractivity contribution < 1.29 is 5.11 Å². The van der Waals surface area contributed by atoms with Crippen LogP contribution >= 0.6 is 0 Å². The van der Waals surface area contributed by atoms with Gasteiger partial charge >= 0.3 is 0 Å². The standard InChI is InChI=1S/C15H26N4O/c1-3-7-16-14-13(4-2)15(18-11-17-14)19-8-5-6-12(9-19)10-20/h11-12,20H,3-10H2,1-2H3,(H,16,17,18). The zero-order chi connectivity index (χ0) is 14.4. The molecule has 5 nitrogen and oxygen atoms in total. The molecule has 1 fully saturated rings. The summed E-state index contributed by atoms with van der Waals surface area (Å²) in [5.74, 6) is 2.38. The van der Waals surface area contributed by atoms with Crippen molar-refractivity contribution in [3.05, 3.63) is 11.9 Å². The molecule has 0 bridgehead atoms. The fourth-order valence-corrected chi connectivity index (χ4v) is 2.80. The van der Waals surface area contributed by atoms with E-state index in [1.165, 1.54) is 5.56 Å². The topological polar surface area (TPSA) is 61.3 Å². The van der Waals surface area contributed by atoms with E-state index in [0.29, 0.717) is 5.92 Å². The van der Waals surface area contributed by atoms with Crippen molar-refractivity contribution >= 4 is 11.6 Å². The molecule has 1 aliphatic rings. The summed E-state index contributed by atoms with van der Waals surface area (Å²) in [6.07, 6.45) is 5.88. The summed E-state index contributed by atoms with van der Waals surface area (Å²) in [5, 5.41) is 12.8. The van der Waals surface area contributed by atoms with Crippen molar-refractivity contribution in [2.24, 2.45) is 5.92 Å². The van der Waals surface area contributed by atoms with Crippen molar-refractivity contribution in [1.82, 2.24) is 9.97 Å². The highest BCUT2D eigenvalue weighted by molar-refractivity contribution is 5.59. The van der Waals surface area contributed by atoms with Gasteiger partial charge in [0.2, 0.25) is 0 Å². The Labute approximate surface area is 121 Å². The molecule has 2 heterocycles. The number of hydrogen-bond acceptors (Lipinski definition) is 5. The first-order valence-electron chi connectivity index (χ1n) is 7.73. The van der Waals surface area contributed by atoms with Gasteiger partial charge in [-0.05, 0) is 31.6 Å². The number of aromatic nitrogens is 2. The van der Waals surface area contributed by atoms with Gasteiger partial charge in [0.15, 0.2) is 0 Å². The summed E-state index contributed by atoms with van der Waals surface area (Å²) >= 11 is 0. The lowest BCUT2D eigenvalue weighted by atomic mass is 9.98. The highest BCUT2D eigenvalue weighted by atomic mass is 16.3. The van der Waals surface area contributed by atoms with Crippen LogP contribution in [0.3, 0.4) is 0 Å². The molecule has 1 aromatic heterocycles. The molecule has 2 N–H and O–H groups in total. The predicted octanol–water partition coefficient (Wildman–Crippen LogP) is 2.07. The third-order valence-corrected chi connectivity index (χ3v) is 3.90. The molecular weight excluding hydrogens is 252 g/mol. The number of hydrogen-bond donors (Lipinski definition) is 2. The van der Waals surface area contributed by atoms with Crippen LogP contribution in [0.25, 0.3) is 0 Å². The van der Waals surface area contributed by atoms with Gasteiger partial charge in [0.05, 0.1) is 0 Å². The van der Waals surface area contributed by atoms with Crippen molar-refractivity contribution in [1.29, 1.82) is 0 Å². The van der Waals surface area contributed by atoms with Gasteiger partial charge in [0.1, 0.15) is 18.0 Å². The molecule has 0 spiro atoms. The van der Waals surface area contributed by atoms with E-state index >= 15 is 0 Å². The minimum atomic E-state index is 0.268. The van der Waals surface area contributed by atoms with Gasteiger partial charge < -0.3 is 15.3 Å². The SMILES string of the molecule is CCCNc1ncnc(N2CCCC(CO)C2)c1CC. The summed E-state index contributed by atoms with van der Waals surface area (Å²) in [4.78, 5) is 11.2. The fourth-order valence-electron chi connectivity index (χ4n) is 2.80. The van der Waals surface area contributed by atoms with E-state index in [2.05, 4.69) is 34.0 Å². The van der Waals surface area contributed by atoms with Crippen LogP contribution in [-0.2, 0) is 6.42 Å². The van der Waals surface area contributed by atoms with Crippen molar-refractivity contribution in [3.63, 3.8) is 0 Å². The van der Waals surface area contributed by atoms with Crippen LogP contribution in [0, 0.1) is 5.92 Å². The Hall–Kier alpha value is -1.36. The lowest BCUT2D eigenvalue weighted by molar-refractivity contribution is 0.208. The molecular formula is C15H26N4O. The molecule has 0 aromatic carbocycles. The highest BCUT2D eigenvalue weighted by Crippen LogP contribution is 2.28. The maximum absolute atomic E-state index is 9.38. The van der Waals surface area contributed by atoms with E-state index in [1.54, 1.807) is 6.33 Å². The number of aliphatic hydroxyl groups excluding tert-OH is 1. The molecule has 0 aliphatic carbocycles. The first-order chi connectivity index (χ1) is 9.80. The largest absolute Gasteiger partial charge is 0.396 e. The molecule has 112 valence electrons. The number of aliphatic hydroxyl groups is 1. The Bertz CT molecular complexity index is 424.